The summed E-state index contributed by atoms with van der Waals surface area (Å²) < 4.78 is 0. The van der Waals surface area contributed by atoms with Gasteiger partial charge in [0.1, 0.15) is 0 Å². The molecule has 0 aromatic heterocycles. The van der Waals surface area contributed by atoms with Crippen LogP contribution in [0.2, 0.25) is 0 Å². The van der Waals surface area contributed by atoms with Crippen molar-refractivity contribution in [1.82, 2.24) is 0 Å². The monoisotopic (exact) mass is 272 g/mol. The van der Waals surface area contributed by atoms with Gasteiger partial charge in [0.15, 0.2) is 0 Å². The summed E-state index contributed by atoms with van der Waals surface area (Å²) in [6.45, 7) is 8.89. The second kappa shape index (κ2) is 15.9. The van der Waals surface area contributed by atoms with E-state index in [9.17, 15) is 0 Å². The maximum atomic E-state index is 4.81. The number of nitrogens with two attached hydrogens (primary N) is 1. The fraction of sp³-hybridized carbons (Fsp3) is 0.667. The molecule has 0 unspecified atom stereocenters. The van der Waals surface area contributed by atoms with Crippen LogP contribution < -0.4 is 5.73 Å². The molecular formula is C6H14GdN2. The van der Waals surface area contributed by atoms with Crippen LogP contribution in [0.1, 0.15) is 20.8 Å². The van der Waals surface area contributed by atoms with Crippen molar-refractivity contribution in [3.05, 3.63) is 6.92 Å². The summed E-state index contributed by atoms with van der Waals surface area (Å²) in [5.74, 6) is 0. The molecule has 0 heterocycles. The van der Waals surface area contributed by atoms with Gasteiger partial charge in [-0.3, -0.25) is 0 Å². The first kappa shape index (κ1) is 16.4. The zero-order chi connectivity index (χ0) is 6.99. The van der Waals surface area contributed by atoms with Gasteiger partial charge in [0.05, 0.1) is 0 Å². The van der Waals surface area contributed by atoms with E-state index in [0.29, 0.717) is 0 Å². The first-order valence-corrected chi connectivity index (χ1v) is 2.63. The maximum absolute atomic E-state index is 4.81. The quantitative estimate of drug-likeness (QED) is 0.330. The molecule has 0 amide bonds. The zero-order valence-electron chi connectivity index (χ0n) is 6.16. The van der Waals surface area contributed by atoms with E-state index in [1.807, 2.05) is 13.8 Å². The minimum Gasteiger partial charge on any atom is -0.563 e. The number of nitrogens with zero attached hydrogens (tertiary/aromatic N) is 1. The molecule has 0 saturated heterocycles. The summed E-state index contributed by atoms with van der Waals surface area (Å²) in [4.78, 5) is 3.65. The van der Waals surface area contributed by atoms with Gasteiger partial charge in [-0.05, 0) is 13.8 Å². The summed E-state index contributed by atoms with van der Waals surface area (Å²) in [6.07, 6.45) is 2.19. The Morgan fingerprint density at radius 3 is 1.78 bits per heavy atom. The summed E-state index contributed by atoms with van der Waals surface area (Å²) in [7, 11) is 0. The van der Waals surface area contributed by atoms with Crippen LogP contribution in [-0.4, -0.2) is 12.4 Å². The van der Waals surface area contributed by atoms with Gasteiger partial charge in [0.25, 0.3) is 0 Å². The molecule has 0 aliphatic rings. The van der Waals surface area contributed by atoms with E-state index in [1.165, 1.54) is 0 Å². The standard InChI is InChI=1S/C4H9N2.C2H5.Gd/c1-4(2)6-3-5;1-2;/h4H,1-2H3,(H2,5,6);1H2,2H3;/q2*-1;+2. The summed E-state index contributed by atoms with van der Waals surface area (Å²) in [5, 5.41) is 0. The molecule has 0 aromatic rings. The number of hydrogen-bond acceptors (Lipinski definition) is 1. The van der Waals surface area contributed by atoms with Gasteiger partial charge in [-0.1, -0.05) is 0 Å². The minimum absolute atomic E-state index is 0. The first-order valence-electron chi connectivity index (χ1n) is 2.63. The molecule has 2 nitrogen and oxygen atoms in total. The SMILES string of the molecule is CC(C)N=[C-]N.[CH2-]C.[Gd+2]. The van der Waals surface area contributed by atoms with Crippen LogP contribution in [0.4, 0.5) is 0 Å². The Balaban J connectivity index is -0.000000109. The Kier molecular flexibility index (Phi) is 29.0. The van der Waals surface area contributed by atoms with E-state index < -0.39 is 0 Å². The van der Waals surface area contributed by atoms with Crippen molar-refractivity contribution in [1.29, 1.82) is 0 Å². The Bertz CT molecular complexity index is 53.0. The molecule has 2 N–H and O–H groups in total. The molecule has 0 aliphatic heterocycles. The Morgan fingerprint density at radius 1 is 1.44 bits per heavy atom. The van der Waals surface area contributed by atoms with Crippen molar-refractivity contribution < 1.29 is 39.9 Å². The van der Waals surface area contributed by atoms with E-state index in [2.05, 4.69) is 18.3 Å². The van der Waals surface area contributed by atoms with Gasteiger partial charge in [-0.15, -0.1) is 0 Å². The molecular weight excluding hydrogens is 257 g/mol. The fourth-order valence-electron chi connectivity index (χ4n) is 0.149. The van der Waals surface area contributed by atoms with Crippen LogP contribution in [0.3, 0.4) is 0 Å². The van der Waals surface area contributed by atoms with Gasteiger partial charge in [-0.2, -0.15) is 6.92 Å². The van der Waals surface area contributed by atoms with Crippen LogP contribution in [0.15, 0.2) is 4.99 Å². The molecule has 0 rings (SSSR count). The van der Waals surface area contributed by atoms with E-state index in [-0.39, 0.29) is 46.0 Å². The Labute approximate surface area is 90.0 Å². The van der Waals surface area contributed by atoms with Gasteiger partial charge in [0, 0.05) is 6.04 Å². The van der Waals surface area contributed by atoms with Crippen molar-refractivity contribution in [3.8, 4) is 0 Å². The van der Waals surface area contributed by atoms with Crippen LogP contribution in [0.25, 0.3) is 0 Å². The molecule has 0 atom stereocenters. The summed E-state index contributed by atoms with van der Waals surface area (Å²) in [6, 6.07) is 0.287. The van der Waals surface area contributed by atoms with Crippen LogP contribution >= 0.6 is 0 Å². The van der Waals surface area contributed by atoms with Crippen molar-refractivity contribution in [2.75, 3.05) is 0 Å². The molecule has 0 saturated carbocycles. The van der Waals surface area contributed by atoms with Crippen LogP contribution in [0.5, 0.6) is 0 Å². The average Bonchev–Trinajstić information content (AvgIpc) is 1.72. The second-order valence-electron chi connectivity index (χ2n) is 1.35. The van der Waals surface area contributed by atoms with Gasteiger partial charge in [-0.25, -0.2) is 0 Å². The predicted octanol–water partition coefficient (Wildman–Crippen LogP) is 1.10. The predicted molar refractivity (Wildman–Crippen MR) is 37.8 cm³/mol. The normalized spacial score (nSPS) is 8.11. The average molecular weight is 271 g/mol. The molecule has 0 radical (unpaired) electrons. The summed E-state index contributed by atoms with van der Waals surface area (Å²) >= 11 is 0. The molecule has 56 valence electrons. The van der Waals surface area contributed by atoms with Gasteiger partial charge < -0.3 is 24.0 Å². The van der Waals surface area contributed by atoms with E-state index >= 15 is 0 Å². The third-order valence-corrected chi connectivity index (χ3v) is 0.333. The van der Waals surface area contributed by atoms with E-state index in [1.54, 1.807) is 6.92 Å². The minimum atomic E-state index is 0. The first-order chi connectivity index (χ1) is 3.77. The second-order valence-corrected chi connectivity index (χ2v) is 1.35. The van der Waals surface area contributed by atoms with Crippen molar-refractivity contribution >= 4 is 6.34 Å². The molecule has 0 spiro atoms. The van der Waals surface area contributed by atoms with E-state index in [0.717, 1.165) is 0 Å². The van der Waals surface area contributed by atoms with Crippen molar-refractivity contribution in [3.63, 3.8) is 0 Å². The smallest absolute Gasteiger partial charge is 0.563 e. The third-order valence-electron chi connectivity index (χ3n) is 0.333. The molecule has 0 bridgehead atoms. The number of hydrogen-bond donors (Lipinski definition) is 1. The maximum Gasteiger partial charge on any atom is 2.00 e. The molecule has 0 fully saturated rings. The van der Waals surface area contributed by atoms with Crippen molar-refractivity contribution in [2.24, 2.45) is 10.7 Å². The molecule has 0 aromatic carbocycles. The molecule has 9 heavy (non-hydrogen) atoms. The topological polar surface area (TPSA) is 38.4 Å². The number of rotatable bonds is 1. The largest absolute Gasteiger partial charge is 2.00 e. The Morgan fingerprint density at radius 2 is 1.78 bits per heavy atom. The van der Waals surface area contributed by atoms with Crippen LogP contribution in [-0.2, 0) is 0 Å². The fourth-order valence-corrected chi connectivity index (χ4v) is 0.149. The van der Waals surface area contributed by atoms with Gasteiger partial charge in [0.2, 0.25) is 0 Å². The van der Waals surface area contributed by atoms with Gasteiger partial charge >= 0.3 is 39.9 Å². The zero-order valence-corrected chi connectivity index (χ0v) is 8.43. The van der Waals surface area contributed by atoms with Crippen LogP contribution in [0, 0.1) is 46.9 Å². The summed E-state index contributed by atoms with van der Waals surface area (Å²) in [5.41, 5.74) is 4.81. The Hall–Kier alpha value is 0.795. The van der Waals surface area contributed by atoms with E-state index in [4.69, 9.17) is 5.73 Å². The van der Waals surface area contributed by atoms with Crippen molar-refractivity contribution in [2.45, 2.75) is 26.8 Å². The third kappa shape index (κ3) is 28.2. The number of aliphatic imine (C=N–C) groups is 1. The molecule has 3 heteroatoms. The molecule has 0 aliphatic carbocycles.